The highest BCUT2D eigenvalue weighted by atomic mass is 35.5. The van der Waals surface area contributed by atoms with E-state index in [4.69, 9.17) is 33.0 Å². The fourth-order valence-corrected chi connectivity index (χ4v) is 3.22. The summed E-state index contributed by atoms with van der Waals surface area (Å²) in [5.41, 5.74) is 0. The average molecular weight is 350 g/mol. The highest BCUT2D eigenvalue weighted by molar-refractivity contribution is 8.00. The third-order valence-electron chi connectivity index (χ3n) is 3.00. The smallest absolute Gasteiger partial charge is 0.311 e. The standard InChI is InChI=1S/C13H13Cl2NO4S/c14-7-1-2-9(15)11(3-7)21-6-12(17)16-10-5-20-4-8(10)13(18)19/h1-3,8,10H,4-6H2,(H,16,17)(H,18,19). The number of hydrogen-bond donors (Lipinski definition) is 2. The van der Waals surface area contributed by atoms with Crippen LogP contribution in [-0.2, 0) is 14.3 Å². The van der Waals surface area contributed by atoms with Gasteiger partial charge >= 0.3 is 5.97 Å². The summed E-state index contributed by atoms with van der Waals surface area (Å²) in [6, 6.07) is 4.52. The van der Waals surface area contributed by atoms with Crippen molar-refractivity contribution in [1.82, 2.24) is 5.32 Å². The number of carbonyl (C=O) groups excluding carboxylic acids is 1. The molecule has 2 N–H and O–H groups in total. The molecule has 1 aliphatic rings. The molecule has 0 aromatic heterocycles. The zero-order chi connectivity index (χ0) is 15.4. The Hall–Kier alpha value is -0.950. The molecular formula is C13H13Cl2NO4S. The molecule has 1 heterocycles. The van der Waals surface area contributed by atoms with Crippen LogP contribution in [0, 0.1) is 5.92 Å². The van der Waals surface area contributed by atoms with Crippen molar-refractivity contribution in [2.24, 2.45) is 5.92 Å². The van der Waals surface area contributed by atoms with E-state index in [9.17, 15) is 9.59 Å². The lowest BCUT2D eigenvalue weighted by Gasteiger charge is -2.15. The first-order valence-electron chi connectivity index (χ1n) is 6.15. The Morgan fingerprint density at radius 1 is 1.38 bits per heavy atom. The van der Waals surface area contributed by atoms with Gasteiger partial charge < -0.3 is 15.2 Å². The number of benzene rings is 1. The van der Waals surface area contributed by atoms with Crippen molar-refractivity contribution in [3.63, 3.8) is 0 Å². The van der Waals surface area contributed by atoms with Gasteiger partial charge in [-0.3, -0.25) is 9.59 Å². The molecule has 114 valence electrons. The van der Waals surface area contributed by atoms with Crippen LogP contribution >= 0.6 is 35.0 Å². The van der Waals surface area contributed by atoms with Gasteiger partial charge in [0.25, 0.3) is 0 Å². The van der Waals surface area contributed by atoms with Crippen LogP contribution in [0.3, 0.4) is 0 Å². The molecule has 0 spiro atoms. The van der Waals surface area contributed by atoms with E-state index in [0.717, 1.165) is 0 Å². The van der Waals surface area contributed by atoms with Crippen LogP contribution in [0.2, 0.25) is 10.0 Å². The Balaban J connectivity index is 1.87. The van der Waals surface area contributed by atoms with Crippen molar-refractivity contribution in [3.8, 4) is 0 Å². The van der Waals surface area contributed by atoms with Crippen molar-refractivity contribution in [3.05, 3.63) is 28.2 Å². The Kier molecular flexibility index (Phi) is 5.75. The lowest BCUT2D eigenvalue weighted by molar-refractivity contribution is -0.142. The van der Waals surface area contributed by atoms with E-state index in [0.29, 0.717) is 14.9 Å². The highest BCUT2D eigenvalue weighted by Gasteiger charge is 2.34. The molecule has 1 amide bonds. The molecule has 2 unspecified atom stereocenters. The monoisotopic (exact) mass is 349 g/mol. The fraction of sp³-hybridized carbons (Fsp3) is 0.385. The van der Waals surface area contributed by atoms with Gasteiger partial charge in [0.1, 0.15) is 5.92 Å². The SMILES string of the molecule is O=C(CSc1cc(Cl)ccc1Cl)NC1COCC1C(=O)O. The highest BCUT2D eigenvalue weighted by Crippen LogP contribution is 2.29. The van der Waals surface area contributed by atoms with Crippen molar-refractivity contribution in [1.29, 1.82) is 0 Å². The van der Waals surface area contributed by atoms with Crippen LogP contribution in [0.1, 0.15) is 0 Å². The lowest BCUT2D eigenvalue weighted by Crippen LogP contribution is -2.43. The van der Waals surface area contributed by atoms with Crippen LogP contribution in [0.4, 0.5) is 0 Å². The predicted octanol–water partition coefficient (Wildman–Crippen LogP) is 2.30. The average Bonchev–Trinajstić information content (AvgIpc) is 2.88. The summed E-state index contributed by atoms with van der Waals surface area (Å²) < 4.78 is 5.09. The normalized spacial score (nSPS) is 21.2. The summed E-state index contributed by atoms with van der Waals surface area (Å²) in [6.07, 6.45) is 0. The summed E-state index contributed by atoms with van der Waals surface area (Å²) in [4.78, 5) is 23.6. The maximum absolute atomic E-state index is 11.9. The number of carbonyl (C=O) groups is 2. The van der Waals surface area contributed by atoms with E-state index < -0.39 is 17.9 Å². The van der Waals surface area contributed by atoms with Crippen molar-refractivity contribution < 1.29 is 19.4 Å². The minimum absolute atomic E-state index is 0.119. The van der Waals surface area contributed by atoms with Gasteiger partial charge in [0.15, 0.2) is 0 Å². The van der Waals surface area contributed by atoms with Crippen LogP contribution in [0.15, 0.2) is 23.1 Å². The second-order valence-electron chi connectivity index (χ2n) is 4.52. The van der Waals surface area contributed by atoms with E-state index in [2.05, 4.69) is 5.32 Å². The number of halogens is 2. The molecule has 0 bridgehead atoms. The second-order valence-corrected chi connectivity index (χ2v) is 6.38. The van der Waals surface area contributed by atoms with Gasteiger partial charge in [0, 0.05) is 9.92 Å². The second kappa shape index (κ2) is 7.35. The van der Waals surface area contributed by atoms with E-state index >= 15 is 0 Å². The quantitative estimate of drug-likeness (QED) is 0.797. The van der Waals surface area contributed by atoms with Gasteiger partial charge in [-0.05, 0) is 18.2 Å². The molecule has 1 aliphatic heterocycles. The summed E-state index contributed by atoms with van der Waals surface area (Å²) in [5, 5.41) is 12.7. The Bertz CT molecular complexity index is 555. The van der Waals surface area contributed by atoms with Crippen molar-refractivity contribution in [2.45, 2.75) is 10.9 Å². The van der Waals surface area contributed by atoms with Crippen molar-refractivity contribution >= 4 is 46.8 Å². The van der Waals surface area contributed by atoms with Crippen LogP contribution in [0.25, 0.3) is 0 Å². The van der Waals surface area contributed by atoms with E-state index in [1.165, 1.54) is 11.8 Å². The van der Waals surface area contributed by atoms with Gasteiger partial charge in [0.2, 0.25) is 5.91 Å². The first-order chi connectivity index (χ1) is 9.97. The molecular weight excluding hydrogens is 337 g/mol. The van der Waals surface area contributed by atoms with Gasteiger partial charge in [0.05, 0.1) is 30.0 Å². The Morgan fingerprint density at radius 3 is 2.86 bits per heavy atom. The van der Waals surface area contributed by atoms with Gasteiger partial charge in [-0.25, -0.2) is 0 Å². The molecule has 2 atom stereocenters. The number of aliphatic carboxylic acids is 1. The van der Waals surface area contributed by atoms with E-state index in [1.807, 2.05) is 0 Å². The number of hydrogen-bond acceptors (Lipinski definition) is 4. The van der Waals surface area contributed by atoms with E-state index in [1.54, 1.807) is 18.2 Å². The molecule has 0 saturated carbocycles. The lowest BCUT2D eigenvalue weighted by atomic mass is 10.0. The maximum atomic E-state index is 11.9. The number of carboxylic acids is 1. The topological polar surface area (TPSA) is 75.6 Å². The van der Waals surface area contributed by atoms with Gasteiger partial charge in [-0.2, -0.15) is 0 Å². The number of ether oxygens (including phenoxy) is 1. The summed E-state index contributed by atoms with van der Waals surface area (Å²) >= 11 is 13.1. The number of amides is 1. The summed E-state index contributed by atoms with van der Waals surface area (Å²) in [7, 11) is 0. The summed E-state index contributed by atoms with van der Waals surface area (Å²) in [6.45, 7) is 0.332. The first kappa shape index (κ1) is 16.4. The molecule has 1 aromatic rings. The molecule has 1 saturated heterocycles. The third-order valence-corrected chi connectivity index (χ3v) is 4.73. The molecule has 5 nitrogen and oxygen atoms in total. The molecule has 1 aromatic carbocycles. The summed E-state index contributed by atoms with van der Waals surface area (Å²) in [5.74, 6) is -1.81. The Morgan fingerprint density at radius 2 is 2.14 bits per heavy atom. The molecule has 0 aliphatic carbocycles. The largest absolute Gasteiger partial charge is 0.481 e. The Labute approximate surface area is 135 Å². The number of rotatable bonds is 5. The number of carboxylic acid groups (broad SMARTS) is 1. The molecule has 0 radical (unpaired) electrons. The van der Waals surface area contributed by atoms with E-state index in [-0.39, 0.29) is 24.9 Å². The van der Waals surface area contributed by atoms with Crippen LogP contribution in [0.5, 0.6) is 0 Å². The predicted molar refractivity (Wildman–Crippen MR) is 81.1 cm³/mol. The minimum Gasteiger partial charge on any atom is -0.481 e. The molecule has 2 rings (SSSR count). The third kappa shape index (κ3) is 4.51. The van der Waals surface area contributed by atoms with Gasteiger partial charge in [-0.1, -0.05) is 23.2 Å². The molecule has 1 fully saturated rings. The fourth-order valence-electron chi connectivity index (χ4n) is 1.92. The first-order valence-corrected chi connectivity index (χ1v) is 7.89. The van der Waals surface area contributed by atoms with Crippen LogP contribution < -0.4 is 5.32 Å². The zero-order valence-corrected chi connectivity index (χ0v) is 13.2. The minimum atomic E-state index is -0.969. The molecule has 21 heavy (non-hydrogen) atoms. The number of thioether (sulfide) groups is 1. The number of nitrogens with one attached hydrogen (secondary N) is 1. The zero-order valence-electron chi connectivity index (χ0n) is 10.8. The molecule has 8 heteroatoms. The van der Waals surface area contributed by atoms with Crippen LogP contribution in [-0.4, -0.2) is 42.0 Å². The van der Waals surface area contributed by atoms with Crippen molar-refractivity contribution in [2.75, 3.05) is 19.0 Å². The maximum Gasteiger partial charge on any atom is 0.311 e. The van der Waals surface area contributed by atoms with Gasteiger partial charge in [-0.15, -0.1) is 11.8 Å².